The van der Waals surface area contributed by atoms with Crippen molar-refractivity contribution in [2.24, 2.45) is 0 Å². The molecule has 0 aromatic carbocycles. The van der Waals surface area contributed by atoms with Crippen LogP contribution < -0.4 is 4.90 Å². The molecule has 88 valence electrons. The number of rotatable bonds is 4. The molecule has 0 unspecified atom stereocenters. The van der Waals surface area contributed by atoms with Crippen molar-refractivity contribution in [1.29, 1.82) is 0 Å². The molecule has 0 amide bonds. The Bertz CT molecular complexity index is 515. The molecule has 17 heavy (non-hydrogen) atoms. The Kier molecular flexibility index (Phi) is 3.29. The Balaban J connectivity index is 2.24. The molecule has 0 aliphatic carbocycles. The highest BCUT2D eigenvalue weighted by Crippen LogP contribution is 2.15. The summed E-state index contributed by atoms with van der Waals surface area (Å²) < 4.78 is 0. The van der Waals surface area contributed by atoms with Crippen molar-refractivity contribution in [3.8, 4) is 0 Å². The Morgan fingerprint density at radius 2 is 2.18 bits per heavy atom. The lowest BCUT2D eigenvalue weighted by atomic mass is 10.3. The van der Waals surface area contributed by atoms with E-state index >= 15 is 0 Å². The third kappa shape index (κ3) is 2.56. The van der Waals surface area contributed by atoms with Crippen molar-refractivity contribution in [3.05, 3.63) is 34.7 Å². The monoisotopic (exact) mass is 250 g/mol. The first-order valence-corrected chi connectivity index (χ1v) is 5.75. The van der Waals surface area contributed by atoms with Crippen LogP contribution in [0.5, 0.6) is 0 Å². The van der Waals surface area contributed by atoms with Crippen LogP contribution in [0.15, 0.2) is 23.3 Å². The zero-order chi connectivity index (χ0) is 12.3. The van der Waals surface area contributed by atoms with E-state index in [2.05, 4.69) is 15.0 Å². The normalized spacial score (nSPS) is 10.2. The molecule has 0 saturated heterocycles. The van der Waals surface area contributed by atoms with Crippen LogP contribution in [0.25, 0.3) is 0 Å². The van der Waals surface area contributed by atoms with Gasteiger partial charge in [0.25, 0.3) is 0 Å². The summed E-state index contributed by atoms with van der Waals surface area (Å²) in [5, 5.41) is 10.9. The smallest absolute Gasteiger partial charge is 0.358 e. The topological polar surface area (TPSA) is 79.2 Å². The maximum atomic E-state index is 11.0. The lowest BCUT2D eigenvalue weighted by molar-refractivity contribution is 0.0690. The molecule has 6 nitrogen and oxygen atoms in total. The quantitative estimate of drug-likeness (QED) is 0.880. The van der Waals surface area contributed by atoms with E-state index < -0.39 is 5.97 Å². The number of carboxylic acid groups (broad SMARTS) is 1. The van der Waals surface area contributed by atoms with Gasteiger partial charge in [0, 0.05) is 24.8 Å². The minimum Gasteiger partial charge on any atom is -0.476 e. The van der Waals surface area contributed by atoms with Gasteiger partial charge in [0.1, 0.15) is 0 Å². The van der Waals surface area contributed by atoms with Gasteiger partial charge in [-0.15, -0.1) is 11.3 Å². The van der Waals surface area contributed by atoms with Gasteiger partial charge in [-0.05, 0) is 0 Å². The van der Waals surface area contributed by atoms with E-state index in [1.165, 1.54) is 23.7 Å². The molecule has 2 rings (SSSR count). The van der Waals surface area contributed by atoms with E-state index in [1.807, 2.05) is 5.38 Å². The van der Waals surface area contributed by atoms with Gasteiger partial charge < -0.3 is 10.0 Å². The highest BCUT2D eigenvalue weighted by molar-refractivity contribution is 7.07. The van der Waals surface area contributed by atoms with E-state index in [-0.39, 0.29) is 5.69 Å². The van der Waals surface area contributed by atoms with Gasteiger partial charge in [0.05, 0.1) is 17.7 Å². The zero-order valence-electron chi connectivity index (χ0n) is 9.07. The first-order valence-electron chi connectivity index (χ1n) is 4.81. The van der Waals surface area contributed by atoms with Crippen molar-refractivity contribution in [2.45, 2.75) is 6.54 Å². The Morgan fingerprint density at radius 1 is 1.41 bits per heavy atom. The summed E-state index contributed by atoms with van der Waals surface area (Å²) in [7, 11) is 1.76. The minimum atomic E-state index is -1.08. The molecule has 0 radical (unpaired) electrons. The van der Waals surface area contributed by atoms with Gasteiger partial charge >= 0.3 is 5.97 Å². The van der Waals surface area contributed by atoms with Gasteiger partial charge in [-0.25, -0.2) is 19.7 Å². The second kappa shape index (κ2) is 4.88. The number of hydrogen-bond acceptors (Lipinski definition) is 6. The van der Waals surface area contributed by atoms with E-state index in [9.17, 15) is 4.79 Å². The molecule has 2 aromatic heterocycles. The number of aromatic carboxylic acids is 1. The fourth-order valence-electron chi connectivity index (χ4n) is 1.39. The Labute approximate surface area is 102 Å². The van der Waals surface area contributed by atoms with Crippen LogP contribution in [0, 0.1) is 0 Å². The summed E-state index contributed by atoms with van der Waals surface area (Å²) in [5.41, 5.74) is 2.56. The second-order valence-corrected chi connectivity index (χ2v) is 4.09. The molecular formula is C10H10N4O2S. The third-order valence-electron chi connectivity index (χ3n) is 2.13. The number of hydrogen-bond donors (Lipinski definition) is 1. The minimum absolute atomic E-state index is 0.0507. The van der Waals surface area contributed by atoms with Crippen LogP contribution in [0.1, 0.15) is 16.2 Å². The Hall–Kier alpha value is -2.02. The summed E-state index contributed by atoms with van der Waals surface area (Å²) in [6.07, 6.45) is 2.84. The van der Waals surface area contributed by atoms with Crippen LogP contribution >= 0.6 is 11.3 Å². The van der Waals surface area contributed by atoms with Crippen molar-refractivity contribution >= 4 is 23.1 Å². The predicted octanol–water partition coefficient (Wildman–Crippen LogP) is 1.27. The van der Waals surface area contributed by atoms with E-state index in [0.717, 1.165) is 5.69 Å². The predicted molar refractivity (Wildman–Crippen MR) is 63.2 cm³/mol. The molecule has 2 heterocycles. The summed E-state index contributed by atoms with van der Waals surface area (Å²) in [6, 6.07) is 0. The van der Waals surface area contributed by atoms with Crippen molar-refractivity contribution < 1.29 is 9.90 Å². The van der Waals surface area contributed by atoms with Gasteiger partial charge in [-0.1, -0.05) is 0 Å². The first kappa shape index (κ1) is 11.5. The SMILES string of the molecule is CN(Cc1cscn1)c1nccnc1C(=O)O. The molecule has 2 aromatic rings. The largest absolute Gasteiger partial charge is 0.476 e. The third-order valence-corrected chi connectivity index (χ3v) is 2.76. The highest BCUT2D eigenvalue weighted by atomic mass is 32.1. The molecular weight excluding hydrogens is 240 g/mol. The van der Waals surface area contributed by atoms with E-state index in [0.29, 0.717) is 12.4 Å². The van der Waals surface area contributed by atoms with Crippen LogP contribution in [-0.2, 0) is 6.54 Å². The van der Waals surface area contributed by atoms with Gasteiger partial charge in [0.2, 0.25) is 0 Å². The zero-order valence-corrected chi connectivity index (χ0v) is 9.89. The summed E-state index contributed by atoms with van der Waals surface area (Å²) >= 11 is 1.50. The van der Waals surface area contributed by atoms with Crippen LogP contribution in [0.4, 0.5) is 5.82 Å². The van der Waals surface area contributed by atoms with Gasteiger partial charge in [0.15, 0.2) is 11.5 Å². The molecule has 0 spiro atoms. The van der Waals surface area contributed by atoms with Gasteiger partial charge in [-0.2, -0.15) is 0 Å². The lowest BCUT2D eigenvalue weighted by Crippen LogP contribution is -2.21. The van der Waals surface area contributed by atoms with Crippen LogP contribution in [0.3, 0.4) is 0 Å². The number of carbonyl (C=O) groups is 1. The number of aromatic nitrogens is 3. The summed E-state index contributed by atoms with van der Waals surface area (Å²) in [6.45, 7) is 0.502. The van der Waals surface area contributed by atoms with E-state index in [4.69, 9.17) is 5.11 Å². The molecule has 0 atom stereocenters. The molecule has 0 aliphatic heterocycles. The van der Waals surface area contributed by atoms with E-state index in [1.54, 1.807) is 17.5 Å². The number of carboxylic acids is 1. The second-order valence-electron chi connectivity index (χ2n) is 3.37. The van der Waals surface area contributed by atoms with Crippen LogP contribution in [0.2, 0.25) is 0 Å². The lowest BCUT2D eigenvalue weighted by Gasteiger charge is -2.17. The van der Waals surface area contributed by atoms with Crippen molar-refractivity contribution in [1.82, 2.24) is 15.0 Å². The maximum Gasteiger partial charge on any atom is 0.358 e. The summed E-state index contributed by atoms with van der Waals surface area (Å²) in [5.74, 6) is -0.744. The highest BCUT2D eigenvalue weighted by Gasteiger charge is 2.16. The molecule has 7 heteroatoms. The molecule has 1 N–H and O–H groups in total. The molecule has 0 fully saturated rings. The first-order chi connectivity index (χ1) is 8.18. The van der Waals surface area contributed by atoms with Crippen molar-refractivity contribution in [3.63, 3.8) is 0 Å². The fraction of sp³-hybridized carbons (Fsp3) is 0.200. The standard InChI is InChI=1S/C10H10N4O2S/c1-14(4-7-5-17-6-13-7)9-8(10(15)16)11-2-3-12-9/h2-3,5-6H,4H2,1H3,(H,15,16). The van der Waals surface area contributed by atoms with Crippen molar-refractivity contribution in [2.75, 3.05) is 11.9 Å². The molecule has 0 saturated carbocycles. The Morgan fingerprint density at radius 3 is 2.82 bits per heavy atom. The molecule has 0 aliphatic rings. The molecule has 0 bridgehead atoms. The summed E-state index contributed by atoms with van der Waals surface area (Å²) in [4.78, 5) is 24.7. The number of nitrogens with zero attached hydrogens (tertiary/aromatic N) is 4. The van der Waals surface area contributed by atoms with Gasteiger partial charge in [-0.3, -0.25) is 0 Å². The number of thiazole rings is 1. The van der Waals surface area contributed by atoms with Crippen LogP contribution in [-0.4, -0.2) is 33.1 Å². The maximum absolute atomic E-state index is 11.0. The number of anilines is 1. The fourth-order valence-corrected chi connectivity index (χ4v) is 1.94. The average molecular weight is 250 g/mol. The average Bonchev–Trinajstić information content (AvgIpc) is 2.81.